The molecular formula is C14H21ClN2O3. The number of carbonyl (C=O) groups is 1. The molecule has 0 aromatic heterocycles. The Labute approximate surface area is 125 Å². The lowest BCUT2D eigenvalue weighted by Crippen LogP contribution is -2.35. The molecule has 112 valence electrons. The molecule has 0 spiro atoms. The fourth-order valence-corrected chi connectivity index (χ4v) is 2.04. The lowest BCUT2D eigenvalue weighted by molar-refractivity contribution is -0.117. The molecule has 1 unspecified atom stereocenters. The number of anilines is 1. The van der Waals surface area contributed by atoms with E-state index in [4.69, 9.17) is 9.47 Å². The molecule has 0 radical (unpaired) electrons. The Morgan fingerprint density at radius 3 is 3.00 bits per heavy atom. The summed E-state index contributed by atoms with van der Waals surface area (Å²) in [5, 5.41) is 6.08. The molecule has 0 saturated carbocycles. The van der Waals surface area contributed by atoms with Gasteiger partial charge in [0.25, 0.3) is 0 Å². The third-order valence-corrected chi connectivity index (χ3v) is 3.03. The number of benzene rings is 1. The molecule has 1 saturated heterocycles. The molecule has 1 aliphatic heterocycles. The predicted molar refractivity (Wildman–Crippen MR) is 80.7 cm³/mol. The monoisotopic (exact) mass is 300 g/mol. The quantitative estimate of drug-likeness (QED) is 0.787. The average molecular weight is 301 g/mol. The van der Waals surface area contributed by atoms with Crippen molar-refractivity contribution >= 4 is 24.0 Å². The zero-order valence-electron chi connectivity index (χ0n) is 11.6. The molecule has 5 nitrogen and oxygen atoms in total. The summed E-state index contributed by atoms with van der Waals surface area (Å²) in [4.78, 5) is 12.0. The fourth-order valence-electron chi connectivity index (χ4n) is 2.04. The van der Waals surface area contributed by atoms with Crippen molar-refractivity contribution in [3.8, 4) is 5.75 Å². The van der Waals surface area contributed by atoms with Crippen LogP contribution >= 0.6 is 12.4 Å². The van der Waals surface area contributed by atoms with Crippen LogP contribution in [0.5, 0.6) is 5.75 Å². The first-order chi connectivity index (χ1) is 9.29. The smallest absolute Gasteiger partial charge is 0.241 e. The first-order valence-corrected chi connectivity index (χ1v) is 6.55. The highest BCUT2D eigenvalue weighted by atomic mass is 35.5. The van der Waals surface area contributed by atoms with Gasteiger partial charge < -0.3 is 20.1 Å². The van der Waals surface area contributed by atoms with E-state index in [0.29, 0.717) is 13.2 Å². The normalized spacial score (nSPS) is 17.4. The molecule has 2 N–H and O–H groups in total. The molecular weight excluding hydrogens is 280 g/mol. The van der Waals surface area contributed by atoms with Gasteiger partial charge in [-0.05, 0) is 31.5 Å². The van der Waals surface area contributed by atoms with E-state index in [1.54, 1.807) is 7.11 Å². The second-order valence-electron chi connectivity index (χ2n) is 4.51. The van der Waals surface area contributed by atoms with Crippen LogP contribution in [0.1, 0.15) is 12.8 Å². The van der Waals surface area contributed by atoms with Crippen molar-refractivity contribution in [2.24, 2.45) is 0 Å². The number of hydrogen-bond donors (Lipinski definition) is 2. The van der Waals surface area contributed by atoms with E-state index in [2.05, 4.69) is 10.6 Å². The maximum absolute atomic E-state index is 12.0. The van der Waals surface area contributed by atoms with Crippen molar-refractivity contribution < 1.29 is 14.3 Å². The molecule has 1 atom stereocenters. The van der Waals surface area contributed by atoms with Gasteiger partial charge in [-0.15, -0.1) is 12.4 Å². The summed E-state index contributed by atoms with van der Waals surface area (Å²) in [6, 6.07) is 7.33. The minimum absolute atomic E-state index is 0. The molecule has 6 heteroatoms. The van der Waals surface area contributed by atoms with E-state index in [1.807, 2.05) is 24.3 Å². The summed E-state index contributed by atoms with van der Waals surface area (Å²) < 4.78 is 10.4. The van der Waals surface area contributed by atoms with Gasteiger partial charge in [0.2, 0.25) is 5.91 Å². The third kappa shape index (κ3) is 5.00. The predicted octanol–water partition coefficient (Wildman–Crippen LogP) is 1.82. The largest absolute Gasteiger partial charge is 0.491 e. The number of nitrogens with one attached hydrogen (secondary N) is 2. The standard InChI is InChI=1S/C14H20N2O3.ClH/c1-18-8-9-19-12-5-2-4-11(10-12)16-14(17)13-6-3-7-15-13;/h2,4-5,10,13,15H,3,6-9H2,1H3,(H,16,17);1H. The zero-order chi connectivity index (χ0) is 13.5. The van der Waals surface area contributed by atoms with Crippen LogP contribution in [-0.2, 0) is 9.53 Å². The Morgan fingerprint density at radius 2 is 2.30 bits per heavy atom. The molecule has 1 heterocycles. The number of ether oxygens (including phenoxy) is 2. The lowest BCUT2D eigenvalue weighted by Gasteiger charge is -2.12. The van der Waals surface area contributed by atoms with Gasteiger partial charge >= 0.3 is 0 Å². The van der Waals surface area contributed by atoms with Crippen LogP contribution in [-0.4, -0.2) is 38.8 Å². The van der Waals surface area contributed by atoms with Crippen molar-refractivity contribution in [2.45, 2.75) is 18.9 Å². The highest BCUT2D eigenvalue weighted by molar-refractivity contribution is 5.95. The zero-order valence-corrected chi connectivity index (χ0v) is 12.4. The summed E-state index contributed by atoms with van der Waals surface area (Å²) >= 11 is 0. The van der Waals surface area contributed by atoms with Crippen LogP contribution in [0, 0.1) is 0 Å². The first-order valence-electron chi connectivity index (χ1n) is 6.55. The minimum Gasteiger partial charge on any atom is -0.491 e. The third-order valence-electron chi connectivity index (χ3n) is 3.03. The Kier molecular flexibility index (Phi) is 7.36. The van der Waals surface area contributed by atoms with Gasteiger partial charge in [0.15, 0.2) is 0 Å². The van der Waals surface area contributed by atoms with Gasteiger partial charge in [-0.2, -0.15) is 0 Å². The first kappa shape index (κ1) is 16.8. The number of hydrogen-bond acceptors (Lipinski definition) is 4. The van der Waals surface area contributed by atoms with Crippen LogP contribution in [0.3, 0.4) is 0 Å². The van der Waals surface area contributed by atoms with Crippen molar-refractivity contribution in [3.05, 3.63) is 24.3 Å². The molecule has 1 aromatic rings. The van der Waals surface area contributed by atoms with Gasteiger partial charge in [0.1, 0.15) is 12.4 Å². The lowest BCUT2D eigenvalue weighted by atomic mass is 10.2. The molecule has 0 bridgehead atoms. The maximum Gasteiger partial charge on any atom is 0.241 e. The van der Waals surface area contributed by atoms with Gasteiger partial charge in [0.05, 0.1) is 12.6 Å². The molecule has 1 fully saturated rings. The number of rotatable bonds is 6. The van der Waals surface area contributed by atoms with Crippen LogP contribution in [0.4, 0.5) is 5.69 Å². The van der Waals surface area contributed by atoms with Gasteiger partial charge in [-0.25, -0.2) is 0 Å². The molecule has 1 aliphatic rings. The Balaban J connectivity index is 0.00000200. The summed E-state index contributed by atoms with van der Waals surface area (Å²) in [5.41, 5.74) is 0.758. The minimum atomic E-state index is -0.0712. The SMILES string of the molecule is COCCOc1cccc(NC(=O)C2CCCN2)c1.Cl. The van der Waals surface area contributed by atoms with Crippen LogP contribution in [0.25, 0.3) is 0 Å². The van der Waals surface area contributed by atoms with E-state index >= 15 is 0 Å². The molecule has 1 aromatic carbocycles. The number of amides is 1. The number of halogens is 1. The van der Waals surface area contributed by atoms with E-state index < -0.39 is 0 Å². The van der Waals surface area contributed by atoms with Crippen LogP contribution in [0.2, 0.25) is 0 Å². The van der Waals surface area contributed by atoms with E-state index in [9.17, 15) is 4.79 Å². The van der Waals surface area contributed by atoms with Crippen molar-refractivity contribution in [1.82, 2.24) is 5.32 Å². The van der Waals surface area contributed by atoms with Gasteiger partial charge in [-0.1, -0.05) is 6.07 Å². The second-order valence-corrected chi connectivity index (χ2v) is 4.51. The number of methoxy groups -OCH3 is 1. The van der Waals surface area contributed by atoms with Crippen molar-refractivity contribution in [2.75, 3.05) is 32.2 Å². The fraction of sp³-hybridized carbons (Fsp3) is 0.500. The van der Waals surface area contributed by atoms with E-state index in [1.165, 1.54) is 0 Å². The average Bonchev–Trinajstić information content (AvgIpc) is 2.93. The Hall–Kier alpha value is -1.30. The summed E-state index contributed by atoms with van der Waals surface area (Å²) in [5.74, 6) is 0.751. The summed E-state index contributed by atoms with van der Waals surface area (Å²) in [7, 11) is 1.63. The Bertz CT molecular complexity index is 423. The molecule has 20 heavy (non-hydrogen) atoms. The van der Waals surface area contributed by atoms with Crippen molar-refractivity contribution in [1.29, 1.82) is 0 Å². The van der Waals surface area contributed by atoms with E-state index in [-0.39, 0.29) is 24.4 Å². The highest BCUT2D eigenvalue weighted by Gasteiger charge is 2.21. The van der Waals surface area contributed by atoms with Gasteiger partial charge in [0, 0.05) is 18.9 Å². The summed E-state index contributed by atoms with van der Waals surface area (Å²) in [6.45, 7) is 1.96. The van der Waals surface area contributed by atoms with Gasteiger partial charge in [-0.3, -0.25) is 4.79 Å². The second kappa shape index (κ2) is 8.79. The number of carbonyl (C=O) groups excluding carboxylic acids is 1. The topological polar surface area (TPSA) is 59.6 Å². The molecule has 1 amide bonds. The molecule has 0 aliphatic carbocycles. The van der Waals surface area contributed by atoms with Crippen LogP contribution < -0.4 is 15.4 Å². The van der Waals surface area contributed by atoms with E-state index in [0.717, 1.165) is 30.8 Å². The van der Waals surface area contributed by atoms with Crippen LogP contribution in [0.15, 0.2) is 24.3 Å². The highest BCUT2D eigenvalue weighted by Crippen LogP contribution is 2.18. The van der Waals surface area contributed by atoms with Crippen molar-refractivity contribution in [3.63, 3.8) is 0 Å². The molecule has 2 rings (SSSR count). The summed E-state index contributed by atoms with van der Waals surface area (Å²) in [6.07, 6.45) is 1.95. The maximum atomic E-state index is 12.0. The Morgan fingerprint density at radius 1 is 1.45 bits per heavy atom.